The Bertz CT molecular complexity index is 757. The number of hydrogen-bond donors (Lipinski definition) is 4. The summed E-state index contributed by atoms with van der Waals surface area (Å²) in [7, 11) is 0. The van der Waals surface area contributed by atoms with Gasteiger partial charge in [-0.05, 0) is 44.9 Å². The van der Waals surface area contributed by atoms with E-state index in [0.717, 1.165) is 12.0 Å². The molecular weight excluding hydrogens is 382 g/mol. The Morgan fingerprint density at radius 3 is 2.43 bits per heavy atom. The summed E-state index contributed by atoms with van der Waals surface area (Å²) < 4.78 is 0. The summed E-state index contributed by atoms with van der Waals surface area (Å²) in [5, 5.41) is 34.3. The fourth-order valence-electron chi connectivity index (χ4n) is 5.88. The molecule has 1 amide bonds. The lowest BCUT2D eigenvalue weighted by Crippen LogP contribution is -2.53. The van der Waals surface area contributed by atoms with Gasteiger partial charge < -0.3 is 20.6 Å². The number of aliphatic hydroxyl groups is 3. The van der Waals surface area contributed by atoms with Gasteiger partial charge in [0.15, 0.2) is 5.78 Å². The van der Waals surface area contributed by atoms with Gasteiger partial charge in [-0.25, -0.2) is 0 Å². The summed E-state index contributed by atoms with van der Waals surface area (Å²) in [5.41, 5.74) is 0.834. The highest BCUT2D eigenvalue weighted by Gasteiger charge is 2.65. The molecule has 0 aromatic rings. The summed E-state index contributed by atoms with van der Waals surface area (Å²) in [6.07, 6.45) is 1.35. The van der Waals surface area contributed by atoms with Crippen molar-refractivity contribution in [3.63, 3.8) is 0 Å². The van der Waals surface area contributed by atoms with E-state index in [9.17, 15) is 24.9 Å². The van der Waals surface area contributed by atoms with Gasteiger partial charge in [0.2, 0.25) is 5.91 Å². The highest BCUT2D eigenvalue weighted by Crippen LogP contribution is 2.55. The average molecular weight is 420 g/mol. The van der Waals surface area contributed by atoms with Crippen LogP contribution in [0.2, 0.25) is 0 Å². The van der Waals surface area contributed by atoms with Crippen molar-refractivity contribution in [2.75, 3.05) is 0 Å². The number of carbonyl (C=O) groups excluding carboxylic acids is 2. The summed E-state index contributed by atoms with van der Waals surface area (Å²) in [6.45, 7) is 10.3. The Morgan fingerprint density at radius 2 is 1.80 bits per heavy atom. The second-order valence-electron chi connectivity index (χ2n) is 10.1. The first-order valence-electron chi connectivity index (χ1n) is 11.2. The predicted molar refractivity (Wildman–Crippen MR) is 114 cm³/mol. The molecule has 6 heteroatoms. The highest BCUT2D eigenvalue weighted by atomic mass is 16.4. The van der Waals surface area contributed by atoms with Crippen molar-refractivity contribution in [1.82, 2.24) is 5.32 Å². The van der Waals surface area contributed by atoms with Crippen LogP contribution in [0.25, 0.3) is 0 Å². The molecule has 168 valence electrons. The maximum absolute atomic E-state index is 13.8. The predicted octanol–water partition coefficient (Wildman–Crippen LogP) is 2.13. The summed E-state index contributed by atoms with van der Waals surface area (Å²) in [4.78, 5) is 27.3. The van der Waals surface area contributed by atoms with Gasteiger partial charge in [-0.15, -0.1) is 0 Å². The lowest BCUT2D eigenvalue weighted by Gasteiger charge is -2.45. The van der Waals surface area contributed by atoms with Crippen molar-refractivity contribution in [2.24, 2.45) is 29.1 Å². The van der Waals surface area contributed by atoms with Crippen LogP contribution < -0.4 is 5.32 Å². The van der Waals surface area contributed by atoms with Gasteiger partial charge in [-0.2, -0.15) is 0 Å². The summed E-state index contributed by atoms with van der Waals surface area (Å²) in [5.74, 6) is -0.827. The maximum atomic E-state index is 13.8. The molecule has 8 atom stereocenters. The maximum Gasteiger partial charge on any atom is 0.235 e. The normalized spacial score (nSPS) is 44.4. The third-order valence-corrected chi connectivity index (χ3v) is 7.54. The van der Waals surface area contributed by atoms with Crippen molar-refractivity contribution in [3.05, 3.63) is 23.3 Å². The number of nitrogens with one attached hydrogen (secondary N) is 1. The molecule has 4 N–H and O–H groups in total. The van der Waals surface area contributed by atoms with E-state index in [0.29, 0.717) is 18.8 Å². The van der Waals surface area contributed by atoms with Gasteiger partial charge in [0.05, 0.1) is 12.2 Å². The molecule has 0 saturated carbocycles. The first kappa shape index (κ1) is 23.2. The van der Waals surface area contributed by atoms with Gasteiger partial charge in [-0.3, -0.25) is 9.59 Å². The van der Waals surface area contributed by atoms with E-state index in [1.54, 1.807) is 0 Å². The molecule has 0 bridgehead atoms. The molecular formula is C24H37NO5. The smallest absolute Gasteiger partial charge is 0.235 e. The van der Waals surface area contributed by atoms with Crippen LogP contribution in [-0.2, 0) is 9.59 Å². The molecule has 0 radical (unpaired) electrons. The van der Waals surface area contributed by atoms with Crippen LogP contribution in [0.5, 0.6) is 0 Å². The van der Waals surface area contributed by atoms with E-state index in [1.807, 2.05) is 19.1 Å². The largest absolute Gasteiger partial charge is 0.390 e. The molecule has 30 heavy (non-hydrogen) atoms. The van der Waals surface area contributed by atoms with E-state index in [2.05, 4.69) is 33.0 Å². The molecule has 1 spiro atoms. The lowest BCUT2D eigenvalue weighted by molar-refractivity contribution is -0.148. The van der Waals surface area contributed by atoms with Crippen LogP contribution in [-0.4, -0.2) is 51.4 Å². The fraction of sp³-hybridized carbons (Fsp3) is 0.750. The van der Waals surface area contributed by atoms with E-state index in [4.69, 9.17) is 0 Å². The van der Waals surface area contributed by atoms with Crippen molar-refractivity contribution in [2.45, 2.75) is 84.7 Å². The van der Waals surface area contributed by atoms with Crippen LogP contribution in [0.4, 0.5) is 0 Å². The Morgan fingerprint density at radius 1 is 1.13 bits per heavy atom. The highest BCUT2D eigenvalue weighted by molar-refractivity contribution is 6.09. The fourth-order valence-corrected chi connectivity index (χ4v) is 5.88. The quantitative estimate of drug-likeness (QED) is 0.405. The molecule has 0 unspecified atom stereocenters. The van der Waals surface area contributed by atoms with Gasteiger partial charge in [0.25, 0.3) is 0 Å². The number of carbonyl (C=O) groups is 2. The van der Waals surface area contributed by atoms with E-state index >= 15 is 0 Å². The Labute approximate surface area is 179 Å². The first-order valence-corrected chi connectivity index (χ1v) is 11.2. The summed E-state index contributed by atoms with van der Waals surface area (Å²) in [6, 6.07) is -0.117. The van der Waals surface area contributed by atoms with E-state index < -0.39 is 29.6 Å². The second kappa shape index (κ2) is 8.56. The minimum absolute atomic E-state index is 0.0411. The van der Waals surface area contributed by atoms with Crippen LogP contribution in [0.15, 0.2) is 23.3 Å². The SMILES string of the molecule is CC1=C[C@H]2/C=C(/C)CC[C@H](O)[C@@H](O)[C@@H](O)CC(=O)[C@@]23C(=O)N[C@@H](CC(C)C)[C@H]3[C@H]1C. The van der Waals surface area contributed by atoms with Gasteiger partial charge in [0.1, 0.15) is 11.5 Å². The van der Waals surface area contributed by atoms with Crippen LogP contribution >= 0.6 is 0 Å². The minimum atomic E-state index is -1.41. The Hall–Kier alpha value is -1.50. The lowest BCUT2D eigenvalue weighted by atomic mass is 9.54. The first-order chi connectivity index (χ1) is 14.0. The minimum Gasteiger partial charge on any atom is -0.390 e. The van der Waals surface area contributed by atoms with Crippen LogP contribution in [0.3, 0.4) is 0 Å². The molecule has 2 aliphatic carbocycles. The Kier molecular flexibility index (Phi) is 6.61. The van der Waals surface area contributed by atoms with Crippen molar-refractivity contribution in [3.8, 4) is 0 Å². The zero-order valence-corrected chi connectivity index (χ0v) is 18.8. The van der Waals surface area contributed by atoms with Gasteiger partial charge in [0, 0.05) is 24.3 Å². The molecule has 1 heterocycles. The molecule has 1 fully saturated rings. The number of rotatable bonds is 2. The monoisotopic (exact) mass is 419 g/mol. The molecule has 3 aliphatic rings. The zero-order chi connectivity index (χ0) is 22.4. The number of aliphatic hydroxyl groups excluding tert-OH is 3. The topological polar surface area (TPSA) is 107 Å². The van der Waals surface area contributed by atoms with Crippen LogP contribution in [0, 0.1) is 29.1 Å². The van der Waals surface area contributed by atoms with Gasteiger partial charge >= 0.3 is 0 Å². The number of ketones is 1. The number of allylic oxidation sites excluding steroid dienone is 4. The van der Waals surface area contributed by atoms with Crippen LogP contribution in [0.1, 0.15) is 60.3 Å². The molecule has 1 saturated heterocycles. The molecule has 0 aromatic carbocycles. The third kappa shape index (κ3) is 3.78. The van der Waals surface area contributed by atoms with E-state index in [1.165, 1.54) is 5.57 Å². The molecule has 0 aromatic heterocycles. The van der Waals surface area contributed by atoms with Crippen molar-refractivity contribution < 1.29 is 24.9 Å². The summed E-state index contributed by atoms with van der Waals surface area (Å²) >= 11 is 0. The average Bonchev–Trinajstić information content (AvgIpc) is 2.94. The van der Waals surface area contributed by atoms with E-state index in [-0.39, 0.29) is 36.0 Å². The Balaban J connectivity index is 2.18. The standard InChI is InChI=1S/C24H37NO5/c1-12(2)8-17-21-15(5)14(4)10-16-9-13(3)6-7-18(26)22(29)19(27)11-20(28)24(16,21)23(30)25-17/h9-10,12,15-19,21-22,26-27,29H,6-8,11H2,1-5H3,(H,25,30)/b13-9-/t15-,16+,17-,18-,19-,21+,22+,24-/m0/s1. The van der Waals surface area contributed by atoms with Crippen molar-refractivity contribution in [1.29, 1.82) is 0 Å². The van der Waals surface area contributed by atoms with Crippen molar-refractivity contribution >= 4 is 11.7 Å². The second-order valence-corrected chi connectivity index (χ2v) is 10.1. The molecule has 3 rings (SSSR count). The zero-order valence-electron chi connectivity index (χ0n) is 18.8. The third-order valence-electron chi connectivity index (χ3n) is 7.54. The molecule has 1 aliphatic heterocycles. The number of Topliss-reactive ketones (excluding diaryl/α,β-unsaturated/α-hetero) is 1. The molecule has 6 nitrogen and oxygen atoms in total. The number of hydrogen-bond acceptors (Lipinski definition) is 5. The number of amides is 1. The van der Waals surface area contributed by atoms with Gasteiger partial charge in [-0.1, -0.05) is 44.1 Å².